The molecule has 2 aromatic heterocycles. The number of amides is 3. The molecule has 2 aliphatic heterocycles. The predicted molar refractivity (Wildman–Crippen MR) is 110 cm³/mol. The number of piperidine rings is 1. The predicted octanol–water partition coefficient (Wildman–Crippen LogP) is 2.18. The Kier molecular flexibility index (Phi) is 6.10. The van der Waals surface area contributed by atoms with Gasteiger partial charge in [0.1, 0.15) is 0 Å². The van der Waals surface area contributed by atoms with E-state index in [1.807, 2.05) is 9.80 Å². The molecule has 0 aromatic carbocycles. The summed E-state index contributed by atoms with van der Waals surface area (Å²) in [6, 6.07) is 5.58. The number of rotatable bonds is 4. The number of carbonyl (C=O) groups excluding carboxylic acids is 2. The highest BCUT2D eigenvalue weighted by atomic mass is 32.1. The van der Waals surface area contributed by atoms with E-state index in [0.717, 1.165) is 31.4 Å². The highest BCUT2D eigenvalue weighted by Crippen LogP contribution is 2.26. The molecule has 2 N–H and O–H groups in total. The molecule has 154 valence electrons. The first-order valence-electron chi connectivity index (χ1n) is 10.1. The normalized spacial score (nSPS) is 20.1. The number of aliphatic hydroxyl groups is 1. The zero-order valence-electron chi connectivity index (χ0n) is 16.3. The highest BCUT2D eigenvalue weighted by Gasteiger charge is 2.32. The first kappa shape index (κ1) is 19.8. The third kappa shape index (κ3) is 4.59. The molecule has 1 saturated heterocycles. The summed E-state index contributed by atoms with van der Waals surface area (Å²) in [7, 11) is 0. The molecular weight excluding hydrogens is 388 g/mol. The van der Waals surface area contributed by atoms with E-state index in [2.05, 4.69) is 21.7 Å². The number of urea groups is 1. The number of aliphatic hydroxyl groups excluding tert-OH is 1. The summed E-state index contributed by atoms with van der Waals surface area (Å²) in [5.41, 5.74) is 1.96. The third-order valence-electron chi connectivity index (χ3n) is 5.70. The maximum atomic E-state index is 13.0. The molecule has 0 spiro atoms. The van der Waals surface area contributed by atoms with Crippen LogP contribution in [0.1, 0.15) is 34.9 Å². The van der Waals surface area contributed by atoms with Crippen molar-refractivity contribution in [2.24, 2.45) is 5.92 Å². The van der Waals surface area contributed by atoms with Crippen LogP contribution in [0, 0.1) is 5.92 Å². The molecule has 8 heteroatoms. The lowest BCUT2D eigenvalue weighted by Crippen LogP contribution is -2.51. The van der Waals surface area contributed by atoms with Crippen molar-refractivity contribution in [2.75, 3.05) is 26.2 Å². The Morgan fingerprint density at radius 3 is 2.90 bits per heavy atom. The first-order valence-corrected chi connectivity index (χ1v) is 10.9. The van der Waals surface area contributed by atoms with E-state index in [1.165, 1.54) is 10.4 Å². The molecule has 2 atom stereocenters. The minimum atomic E-state index is -0.767. The van der Waals surface area contributed by atoms with E-state index in [1.54, 1.807) is 35.9 Å². The second kappa shape index (κ2) is 8.92. The maximum absolute atomic E-state index is 13.0. The number of hydrogen-bond donors (Lipinski definition) is 2. The number of thiophene rings is 1. The second-order valence-electron chi connectivity index (χ2n) is 7.65. The van der Waals surface area contributed by atoms with Crippen LogP contribution in [0.4, 0.5) is 4.79 Å². The Labute approximate surface area is 174 Å². The standard InChI is InChI=1S/C21H26N4O3S/c26-18(15-3-7-22-8-4-15)12-23-20(27)17-2-1-9-24(14-17)21(28)25-10-5-19-16(13-25)6-11-29-19/h3-4,6-8,11,17-18,26H,1-2,5,9-10,12-14H2,(H,23,27). The summed E-state index contributed by atoms with van der Waals surface area (Å²) in [5.74, 6) is -0.340. The van der Waals surface area contributed by atoms with Crippen LogP contribution < -0.4 is 5.32 Å². The number of hydrogen-bond acceptors (Lipinski definition) is 5. The van der Waals surface area contributed by atoms with Crippen molar-refractivity contribution >= 4 is 23.3 Å². The zero-order chi connectivity index (χ0) is 20.2. The third-order valence-corrected chi connectivity index (χ3v) is 6.72. The van der Waals surface area contributed by atoms with Gasteiger partial charge in [0.05, 0.1) is 12.0 Å². The van der Waals surface area contributed by atoms with E-state index < -0.39 is 6.10 Å². The van der Waals surface area contributed by atoms with E-state index in [4.69, 9.17) is 0 Å². The fraction of sp³-hybridized carbons (Fsp3) is 0.476. The molecule has 2 aliphatic rings. The van der Waals surface area contributed by atoms with Crippen molar-refractivity contribution in [3.05, 3.63) is 52.0 Å². The summed E-state index contributed by atoms with van der Waals surface area (Å²) >= 11 is 1.76. The molecule has 0 aliphatic carbocycles. The molecule has 2 unspecified atom stereocenters. The maximum Gasteiger partial charge on any atom is 0.320 e. The average Bonchev–Trinajstić information content (AvgIpc) is 3.25. The number of nitrogens with one attached hydrogen (secondary N) is 1. The SMILES string of the molecule is O=C(NCC(O)c1ccncc1)C1CCCN(C(=O)N2CCc3sccc3C2)C1. The van der Waals surface area contributed by atoms with Gasteiger partial charge < -0.3 is 20.2 Å². The number of nitrogens with zero attached hydrogens (tertiary/aromatic N) is 3. The fourth-order valence-corrected chi connectivity index (χ4v) is 4.91. The molecule has 29 heavy (non-hydrogen) atoms. The van der Waals surface area contributed by atoms with Gasteiger partial charge in [-0.25, -0.2) is 4.79 Å². The summed E-state index contributed by atoms with van der Waals surface area (Å²) in [6.45, 7) is 2.67. The lowest BCUT2D eigenvalue weighted by molar-refractivity contribution is -0.126. The molecule has 0 saturated carbocycles. The minimum Gasteiger partial charge on any atom is -0.387 e. The van der Waals surface area contributed by atoms with Crippen molar-refractivity contribution in [3.8, 4) is 0 Å². The van der Waals surface area contributed by atoms with Crippen LogP contribution in [0.25, 0.3) is 0 Å². The van der Waals surface area contributed by atoms with Gasteiger partial charge in [0.25, 0.3) is 0 Å². The Morgan fingerprint density at radius 2 is 2.07 bits per heavy atom. The monoisotopic (exact) mass is 414 g/mol. The van der Waals surface area contributed by atoms with Crippen molar-refractivity contribution in [2.45, 2.75) is 31.9 Å². The van der Waals surface area contributed by atoms with E-state index in [-0.39, 0.29) is 24.4 Å². The summed E-state index contributed by atoms with van der Waals surface area (Å²) < 4.78 is 0. The van der Waals surface area contributed by atoms with Crippen molar-refractivity contribution in [1.82, 2.24) is 20.1 Å². The Hall–Kier alpha value is -2.45. The van der Waals surface area contributed by atoms with Crippen LogP contribution in [0.3, 0.4) is 0 Å². The topological polar surface area (TPSA) is 85.8 Å². The van der Waals surface area contributed by atoms with Crippen LogP contribution in [0.2, 0.25) is 0 Å². The van der Waals surface area contributed by atoms with Crippen LogP contribution in [0.15, 0.2) is 36.0 Å². The van der Waals surface area contributed by atoms with Crippen LogP contribution in [-0.4, -0.2) is 58.0 Å². The van der Waals surface area contributed by atoms with Gasteiger partial charge in [-0.2, -0.15) is 0 Å². The quantitative estimate of drug-likeness (QED) is 0.803. The van der Waals surface area contributed by atoms with Crippen molar-refractivity contribution < 1.29 is 14.7 Å². The number of fused-ring (bicyclic) bond motifs is 1. The molecule has 4 rings (SSSR count). The first-order chi connectivity index (χ1) is 14.1. The van der Waals surface area contributed by atoms with Gasteiger partial charge in [0.15, 0.2) is 0 Å². The largest absolute Gasteiger partial charge is 0.387 e. The van der Waals surface area contributed by atoms with E-state index in [9.17, 15) is 14.7 Å². The molecule has 0 radical (unpaired) electrons. The number of pyridine rings is 1. The molecule has 4 heterocycles. The molecule has 2 aromatic rings. The van der Waals surface area contributed by atoms with Gasteiger partial charge >= 0.3 is 6.03 Å². The van der Waals surface area contributed by atoms with E-state index in [0.29, 0.717) is 19.6 Å². The zero-order valence-corrected chi connectivity index (χ0v) is 17.1. The van der Waals surface area contributed by atoms with Crippen LogP contribution in [0.5, 0.6) is 0 Å². The minimum absolute atomic E-state index is 0.0242. The summed E-state index contributed by atoms with van der Waals surface area (Å²) in [6.07, 6.45) is 4.94. The Balaban J connectivity index is 1.30. The summed E-state index contributed by atoms with van der Waals surface area (Å²) in [5, 5.41) is 15.2. The Bertz CT molecular complexity index is 857. The van der Waals surface area contributed by atoms with Crippen LogP contribution >= 0.6 is 11.3 Å². The van der Waals surface area contributed by atoms with Gasteiger partial charge in [-0.05, 0) is 54.0 Å². The molecule has 3 amide bonds. The van der Waals surface area contributed by atoms with Gasteiger partial charge in [0.2, 0.25) is 5.91 Å². The smallest absolute Gasteiger partial charge is 0.320 e. The van der Waals surface area contributed by atoms with Gasteiger partial charge in [0, 0.05) is 50.0 Å². The molecule has 1 fully saturated rings. The number of likely N-dealkylation sites (tertiary alicyclic amines) is 1. The number of carbonyl (C=O) groups is 2. The average molecular weight is 415 g/mol. The summed E-state index contributed by atoms with van der Waals surface area (Å²) in [4.78, 5) is 34.6. The van der Waals surface area contributed by atoms with Crippen molar-refractivity contribution in [3.63, 3.8) is 0 Å². The molecule has 0 bridgehead atoms. The fourth-order valence-electron chi connectivity index (χ4n) is 4.02. The van der Waals surface area contributed by atoms with Gasteiger partial charge in [-0.3, -0.25) is 9.78 Å². The molecule has 7 nitrogen and oxygen atoms in total. The van der Waals surface area contributed by atoms with Crippen molar-refractivity contribution in [1.29, 1.82) is 0 Å². The Morgan fingerprint density at radius 1 is 1.24 bits per heavy atom. The lowest BCUT2D eigenvalue weighted by Gasteiger charge is -2.37. The second-order valence-corrected chi connectivity index (χ2v) is 8.65. The number of aromatic nitrogens is 1. The lowest BCUT2D eigenvalue weighted by atomic mass is 9.97. The van der Waals surface area contributed by atoms with Gasteiger partial charge in [-0.1, -0.05) is 0 Å². The van der Waals surface area contributed by atoms with E-state index >= 15 is 0 Å². The molecular formula is C21H26N4O3S. The van der Waals surface area contributed by atoms with Gasteiger partial charge in [-0.15, -0.1) is 11.3 Å². The van der Waals surface area contributed by atoms with Crippen LogP contribution in [-0.2, 0) is 17.8 Å². The highest BCUT2D eigenvalue weighted by molar-refractivity contribution is 7.10.